The molecule has 2 fully saturated rings. The van der Waals surface area contributed by atoms with E-state index in [2.05, 4.69) is 4.74 Å². The molecule has 2 rings (SSSR count). The van der Waals surface area contributed by atoms with Gasteiger partial charge in [-0.15, -0.1) is 0 Å². The van der Waals surface area contributed by atoms with Gasteiger partial charge >= 0.3 is 11.9 Å². The lowest BCUT2D eigenvalue weighted by Gasteiger charge is -2.25. The second-order valence-corrected chi connectivity index (χ2v) is 4.30. The van der Waals surface area contributed by atoms with Crippen LogP contribution in [0.1, 0.15) is 19.3 Å². The van der Waals surface area contributed by atoms with Gasteiger partial charge in [-0.2, -0.15) is 0 Å². The number of fused-ring (bicyclic) bond motifs is 1. The second kappa shape index (κ2) is 3.26. The van der Waals surface area contributed by atoms with Crippen molar-refractivity contribution >= 4 is 11.9 Å². The van der Waals surface area contributed by atoms with Gasteiger partial charge in [0.2, 0.25) is 0 Å². The largest absolute Gasteiger partial charge is 0.481 e. The first-order valence-corrected chi connectivity index (χ1v) is 4.94. The fraction of sp³-hybridized carbons (Fsp3) is 0.800. The van der Waals surface area contributed by atoms with Crippen molar-refractivity contribution in [2.75, 3.05) is 7.11 Å². The summed E-state index contributed by atoms with van der Waals surface area (Å²) >= 11 is 0. The van der Waals surface area contributed by atoms with Crippen LogP contribution >= 0.6 is 0 Å². The van der Waals surface area contributed by atoms with E-state index in [0.29, 0.717) is 24.7 Å². The molecule has 0 saturated heterocycles. The molecule has 0 aromatic rings. The van der Waals surface area contributed by atoms with Gasteiger partial charge in [-0.3, -0.25) is 9.59 Å². The van der Waals surface area contributed by atoms with Gasteiger partial charge in [-0.05, 0) is 31.1 Å². The van der Waals surface area contributed by atoms with E-state index < -0.39 is 17.8 Å². The number of ether oxygens (including phenoxy) is 1. The Morgan fingerprint density at radius 3 is 2.21 bits per heavy atom. The first-order valence-electron chi connectivity index (χ1n) is 4.94. The SMILES string of the molecule is COC(=O)[C@@H]1C[C@H]2C[C@H]2C[C@@H]1C(=O)O. The van der Waals surface area contributed by atoms with Crippen LogP contribution in [0.25, 0.3) is 0 Å². The molecule has 0 spiro atoms. The van der Waals surface area contributed by atoms with Gasteiger partial charge in [0.1, 0.15) is 0 Å². The highest BCUT2D eigenvalue weighted by Gasteiger charge is 2.51. The normalized spacial score (nSPS) is 39.8. The summed E-state index contributed by atoms with van der Waals surface area (Å²) in [6, 6.07) is 0. The van der Waals surface area contributed by atoms with E-state index in [9.17, 15) is 9.59 Å². The van der Waals surface area contributed by atoms with E-state index in [-0.39, 0.29) is 5.97 Å². The number of carbonyl (C=O) groups excluding carboxylic acids is 1. The zero-order valence-corrected chi connectivity index (χ0v) is 8.10. The van der Waals surface area contributed by atoms with Crippen molar-refractivity contribution in [1.29, 1.82) is 0 Å². The summed E-state index contributed by atoms with van der Waals surface area (Å²) in [5, 5.41) is 8.98. The number of hydrogen-bond acceptors (Lipinski definition) is 3. The zero-order chi connectivity index (χ0) is 10.3. The van der Waals surface area contributed by atoms with E-state index in [1.54, 1.807) is 0 Å². The average molecular weight is 198 g/mol. The molecule has 4 heteroatoms. The highest BCUT2D eigenvalue weighted by Crippen LogP contribution is 2.53. The smallest absolute Gasteiger partial charge is 0.309 e. The van der Waals surface area contributed by atoms with Crippen LogP contribution in [0.5, 0.6) is 0 Å². The number of carboxylic acids is 1. The van der Waals surface area contributed by atoms with E-state index in [1.807, 2.05) is 0 Å². The molecule has 0 heterocycles. The lowest BCUT2D eigenvalue weighted by molar-refractivity contribution is -0.157. The number of hydrogen-bond donors (Lipinski definition) is 1. The van der Waals surface area contributed by atoms with Gasteiger partial charge in [-0.1, -0.05) is 0 Å². The predicted octanol–water partition coefficient (Wildman–Crippen LogP) is 0.906. The Labute approximate surface area is 82.2 Å². The maximum atomic E-state index is 11.4. The number of esters is 1. The van der Waals surface area contributed by atoms with Crippen LogP contribution in [0.3, 0.4) is 0 Å². The molecule has 14 heavy (non-hydrogen) atoms. The molecule has 1 N–H and O–H groups in total. The van der Waals surface area contributed by atoms with Crippen molar-refractivity contribution in [3.63, 3.8) is 0 Å². The quantitative estimate of drug-likeness (QED) is 0.670. The van der Waals surface area contributed by atoms with Crippen molar-refractivity contribution in [3.05, 3.63) is 0 Å². The molecule has 0 aliphatic heterocycles. The summed E-state index contributed by atoms with van der Waals surface area (Å²) < 4.78 is 4.63. The third kappa shape index (κ3) is 1.49. The van der Waals surface area contributed by atoms with Gasteiger partial charge in [0.05, 0.1) is 18.9 Å². The van der Waals surface area contributed by atoms with Crippen molar-refractivity contribution < 1.29 is 19.4 Å². The summed E-state index contributed by atoms with van der Waals surface area (Å²) in [6.07, 6.45) is 2.45. The van der Waals surface area contributed by atoms with Crippen LogP contribution in [0.4, 0.5) is 0 Å². The third-order valence-electron chi connectivity index (χ3n) is 3.49. The molecule has 78 valence electrons. The van der Waals surface area contributed by atoms with E-state index in [4.69, 9.17) is 5.11 Å². The number of aliphatic carboxylic acids is 1. The molecule has 4 atom stereocenters. The van der Waals surface area contributed by atoms with E-state index in [0.717, 1.165) is 6.42 Å². The van der Waals surface area contributed by atoms with Crippen molar-refractivity contribution in [1.82, 2.24) is 0 Å². The minimum atomic E-state index is -0.856. The van der Waals surface area contributed by atoms with Crippen molar-refractivity contribution in [3.8, 4) is 0 Å². The standard InChI is InChI=1S/C10H14O4/c1-14-10(13)8-4-6-2-5(6)3-7(8)9(11)12/h5-8H,2-4H2,1H3,(H,11,12)/t5-,6+,7-,8+/m0/s1. The Bertz CT molecular complexity index is 273. The fourth-order valence-electron chi connectivity index (χ4n) is 2.55. The van der Waals surface area contributed by atoms with Gasteiger partial charge < -0.3 is 9.84 Å². The van der Waals surface area contributed by atoms with Gasteiger partial charge in [-0.25, -0.2) is 0 Å². The van der Waals surface area contributed by atoms with Crippen LogP contribution < -0.4 is 0 Å². The first kappa shape index (κ1) is 9.49. The lowest BCUT2D eigenvalue weighted by atomic mass is 9.79. The Hall–Kier alpha value is -1.06. The van der Waals surface area contributed by atoms with Crippen LogP contribution in [0.15, 0.2) is 0 Å². The molecule has 2 aliphatic carbocycles. The maximum absolute atomic E-state index is 11.4. The van der Waals surface area contributed by atoms with Crippen LogP contribution in [0.2, 0.25) is 0 Å². The summed E-state index contributed by atoms with van der Waals surface area (Å²) in [5.41, 5.74) is 0. The Kier molecular flexibility index (Phi) is 2.21. The molecular formula is C10H14O4. The van der Waals surface area contributed by atoms with Gasteiger partial charge in [0, 0.05) is 0 Å². The summed E-state index contributed by atoms with van der Waals surface area (Å²) in [6.45, 7) is 0. The number of carbonyl (C=O) groups is 2. The van der Waals surface area contributed by atoms with E-state index in [1.165, 1.54) is 7.11 Å². The molecule has 0 unspecified atom stereocenters. The average Bonchev–Trinajstić information content (AvgIpc) is 2.92. The summed E-state index contributed by atoms with van der Waals surface area (Å²) in [7, 11) is 1.32. The predicted molar refractivity (Wildman–Crippen MR) is 47.5 cm³/mol. The molecule has 0 bridgehead atoms. The minimum absolute atomic E-state index is 0.359. The van der Waals surface area contributed by atoms with Gasteiger partial charge in [0.15, 0.2) is 0 Å². The highest BCUT2D eigenvalue weighted by molar-refractivity contribution is 5.81. The Morgan fingerprint density at radius 1 is 1.14 bits per heavy atom. The molecule has 0 radical (unpaired) electrons. The lowest BCUT2D eigenvalue weighted by Crippen LogP contribution is -2.34. The minimum Gasteiger partial charge on any atom is -0.481 e. The number of rotatable bonds is 2. The van der Waals surface area contributed by atoms with E-state index >= 15 is 0 Å². The topological polar surface area (TPSA) is 63.6 Å². The number of methoxy groups -OCH3 is 1. The fourth-order valence-corrected chi connectivity index (χ4v) is 2.55. The monoisotopic (exact) mass is 198 g/mol. The molecule has 4 nitrogen and oxygen atoms in total. The van der Waals surface area contributed by atoms with Crippen LogP contribution in [0, 0.1) is 23.7 Å². The molecule has 2 saturated carbocycles. The Balaban J connectivity index is 2.10. The van der Waals surface area contributed by atoms with Gasteiger partial charge in [0.25, 0.3) is 0 Å². The van der Waals surface area contributed by atoms with Crippen molar-refractivity contribution in [2.24, 2.45) is 23.7 Å². The molecule has 0 amide bonds. The summed E-state index contributed by atoms with van der Waals surface area (Å²) in [4.78, 5) is 22.3. The molecular weight excluding hydrogens is 184 g/mol. The third-order valence-corrected chi connectivity index (χ3v) is 3.49. The Morgan fingerprint density at radius 2 is 1.71 bits per heavy atom. The highest BCUT2D eigenvalue weighted by atomic mass is 16.5. The van der Waals surface area contributed by atoms with Crippen LogP contribution in [-0.2, 0) is 14.3 Å². The second-order valence-electron chi connectivity index (χ2n) is 4.30. The molecule has 0 aromatic heterocycles. The number of carboxylic acid groups (broad SMARTS) is 1. The van der Waals surface area contributed by atoms with Crippen molar-refractivity contribution in [2.45, 2.75) is 19.3 Å². The first-order chi connectivity index (χ1) is 6.63. The van der Waals surface area contributed by atoms with Crippen LogP contribution in [-0.4, -0.2) is 24.2 Å². The zero-order valence-electron chi connectivity index (χ0n) is 8.10. The molecule has 0 aromatic carbocycles. The maximum Gasteiger partial charge on any atom is 0.309 e. The molecule has 2 aliphatic rings. The summed E-state index contributed by atoms with van der Waals surface area (Å²) in [5.74, 6) is -1.02.